The molecular formula is C16H19N3O3. The summed E-state index contributed by atoms with van der Waals surface area (Å²) in [5, 5.41) is 8.70. The van der Waals surface area contributed by atoms with E-state index in [2.05, 4.69) is 15.5 Å². The van der Waals surface area contributed by atoms with E-state index >= 15 is 0 Å². The maximum Gasteiger partial charge on any atom is 0.271 e. The van der Waals surface area contributed by atoms with E-state index in [0.717, 1.165) is 25.0 Å². The first-order valence-corrected chi connectivity index (χ1v) is 7.16. The van der Waals surface area contributed by atoms with Crippen molar-refractivity contribution in [2.24, 2.45) is 0 Å². The summed E-state index contributed by atoms with van der Waals surface area (Å²) in [4.78, 5) is 22.6. The number of amides is 1. The number of H-pyrrole nitrogens is 1. The lowest BCUT2D eigenvalue weighted by atomic mass is 10.1. The predicted octanol–water partition coefficient (Wildman–Crippen LogP) is 1.53. The van der Waals surface area contributed by atoms with Gasteiger partial charge in [0.05, 0.1) is 7.11 Å². The van der Waals surface area contributed by atoms with Crippen LogP contribution in [0.15, 0.2) is 41.2 Å². The Morgan fingerprint density at radius 3 is 2.77 bits per heavy atom. The van der Waals surface area contributed by atoms with Crippen LogP contribution in [-0.4, -0.2) is 29.8 Å². The number of hydrogen-bond acceptors (Lipinski definition) is 4. The minimum Gasteiger partial charge on any atom is -0.496 e. The van der Waals surface area contributed by atoms with E-state index in [1.165, 1.54) is 17.7 Å². The highest BCUT2D eigenvalue weighted by atomic mass is 16.5. The fourth-order valence-electron chi connectivity index (χ4n) is 2.11. The Morgan fingerprint density at radius 1 is 1.23 bits per heavy atom. The minimum atomic E-state index is -0.326. The molecule has 6 nitrogen and oxygen atoms in total. The summed E-state index contributed by atoms with van der Waals surface area (Å²) in [5.41, 5.74) is 1.05. The first-order chi connectivity index (χ1) is 10.7. The van der Waals surface area contributed by atoms with E-state index in [1.807, 2.05) is 24.3 Å². The molecule has 6 heteroatoms. The molecule has 0 atom stereocenters. The average molecular weight is 301 g/mol. The molecule has 0 aliphatic rings. The van der Waals surface area contributed by atoms with Crippen LogP contribution in [0, 0.1) is 0 Å². The lowest BCUT2D eigenvalue weighted by molar-refractivity contribution is 0.0947. The van der Waals surface area contributed by atoms with Crippen molar-refractivity contribution in [1.29, 1.82) is 0 Å². The number of hydrogen-bond donors (Lipinski definition) is 2. The maximum atomic E-state index is 11.8. The number of para-hydroxylation sites is 1. The molecule has 1 amide bonds. The molecule has 2 rings (SSSR count). The molecule has 0 saturated carbocycles. The van der Waals surface area contributed by atoms with E-state index in [4.69, 9.17) is 4.74 Å². The molecule has 22 heavy (non-hydrogen) atoms. The first kappa shape index (κ1) is 15.8. The van der Waals surface area contributed by atoms with Gasteiger partial charge in [-0.2, -0.15) is 5.10 Å². The number of benzene rings is 1. The van der Waals surface area contributed by atoms with Crippen LogP contribution < -0.4 is 15.6 Å². The molecule has 1 heterocycles. The van der Waals surface area contributed by atoms with Crippen LogP contribution in [0.1, 0.15) is 28.9 Å². The van der Waals surface area contributed by atoms with Gasteiger partial charge in [0.15, 0.2) is 0 Å². The van der Waals surface area contributed by atoms with Gasteiger partial charge in [0.25, 0.3) is 11.5 Å². The second kappa shape index (κ2) is 7.97. The topological polar surface area (TPSA) is 84.1 Å². The normalized spacial score (nSPS) is 10.2. The van der Waals surface area contributed by atoms with Crippen molar-refractivity contribution in [1.82, 2.24) is 15.5 Å². The molecule has 0 spiro atoms. The van der Waals surface area contributed by atoms with Crippen LogP contribution in [0.25, 0.3) is 0 Å². The summed E-state index contributed by atoms with van der Waals surface area (Å²) in [6.07, 6.45) is 2.70. The van der Waals surface area contributed by atoms with Crippen LogP contribution in [0.4, 0.5) is 0 Å². The zero-order chi connectivity index (χ0) is 15.8. The minimum absolute atomic E-state index is 0.212. The van der Waals surface area contributed by atoms with E-state index in [0.29, 0.717) is 6.54 Å². The number of rotatable bonds is 7. The Bertz CT molecular complexity index is 662. The molecule has 0 bridgehead atoms. The van der Waals surface area contributed by atoms with Gasteiger partial charge in [-0.25, -0.2) is 5.10 Å². The van der Waals surface area contributed by atoms with Crippen molar-refractivity contribution in [3.05, 3.63) is 58.0 Å². The number of carbonyl (C=O) groups excluding carboxylic acids is 1. The van der Waals surface area contributed by atoms with Crippen molar-refractivity contribution in [3.8, 4) is 5.75 Å². The quantitative estimate of drug-likeness (QED) is 0.760. The molecule has 116 valence electrons. The molecular weight excluding hydrogens is 282 g/mol. The molecule has 0 radical (unpaired) electrons. The van der Waals surface area contributed by atoms with Gasteiger partial charge < -0.3 is 10.1 Å². The summed E-state index contributed by atoms with van der Waals surface area (Å²) in [5.74, 6) is 0.609. The molecule has 0 saturated heterocycles. The number of ether oxygens (including phenoxy) is 1. The van der Waals surface area contributed by atoms with Crippen LogP contribution in [-0.2, 0) is 6.42 Å². The predicted molar refractivity (Wildman–Crippen MR) is 83.1 cm³/mol. The highest BCUT2D eigenvalue weighted by Gasteiger charge is 2.06. The number of nitrogens with zero attached hydrogens (tertiary/aromatic N) is 1. The van der Waals surface area contributed by atoms with Crippen LogP contribution in [0.2, 0.25) is 0 Å². The second-order valence-electron chi connectivity index (χ2n) is 4.83. The Kier molecular flexibility index (Phi) is 5.71. The summed E-state index contributed by atoms with van der Waals surface area (Å²) in [6, 6.07) is 10.6. The van der Waals surface area contributed by atoms with Crippen molar-refractivity contribution in [3.63, 3.8) is 0 Å². The van der Waals surface area contributed by atoms with E-state index < -0.39 is 0 Å². The van der Waals surface area contributed by atoms with Crippen molar-refractivity contribution >= 4 is 5.91 Å². The number of unbranched alkanes of at least 4 members (excludes halogenated alkanes) is 1. The summed E-state index contributed by atoms with van der Waals surface area (Å²) in [7, 11) is 1.66. The highest BCUT2D eigenvalue weighted by molar-refractivity contribution is 5.91. The van der Waals surface area contributed by atoms with Crippen molar-refractivity contribution < 1.29 is 9.53 Å². The second-order valence-corrected chi connectivity index (χ2v) is 4.83. The molecule has 0 aliphatic heterocycles. The van der Waals surface area contributed by atoms with Crippen LogP contribution >= 0.6 is 0 Å². The summed E-state index contributed by atoms with van der Waals surface area (Å²) >= 11 is 0. The van der Waals surface area contributed by atoms with Crippen molar-refractivity contribution in [2.75, 3.05) is 13.7 Å². The standard InChI is InChI=1S/C16H19N3O3/c1-22-14-8-3-2-6-12(14)7-4-5-11-17-16(21)13-9-10-15(20)19-18-13/h2-3,6,8-10H,4-5,7,11H2,1H3,(H,17,21)(H,19,20). The summed E-state index contributed by atoms with van der Waals surface area (Å²) < 4.78 is 5.30. The lowest BCUT2D eigenvalue weighted by Gasteiger charge is -2.08. The third-order valence-corrected chi connectivity index (χ3v) is 3.26. The van der Waals surface area contributed by atoms with E-state index in [1.54, 1.807) is 7.11 Å². The number of methoxy groups -OCH3 is 1. The molecule has 0 fully saturated rings. The monoisotopic (exact) mass is 301 g/mol. The number of aromatic amines is 1. The van der Waals surface area contributed by atoms with Crippen LogP contribution in [0.3, 0.4) is 0 Å². The van der Waals surface area contributed by atoms with Gasteiger partial charge in [0.2, 0.25) is 0 Å². The fraction of sp³-hybridized carbons (Fsp3) is 0.312. The Hall–Kier alpha value is -2.63. The van der Waals surface area contributed by atoms with Gasteiger partial charge in [0, 0.05) is 12.6 Å². The Morgan fingerprint density at radius 2 is 2.05 bits per heavy atom. The molecule has 1 aromatic heterocycles. The summed E-state index contributed by atoms with van der Waals surface area (Å²) in [6.45, 7) is 0.564. The number of carbonyl (C=O) groups is 1. The zero-order valence-electron chi connectivity index (χ0n) is 12.5. The third-order valence-electron chi connectivity index (χ3n) is 3.26. The maximum absolute atomic E-state index is 11.8. The first-order valence-electron chi connectivity index (χ1n) is 7.16. The third kappa shape index (κ3) is 4.44. The smallest absolute Gasteiger partial charge is 0.271 e. The van der Waals surface area contributed by atoms with Gasteiger partial charge in [-0.1, -0.05) is 18.2 Å². The van der Waals surface area contributed by atoms with Crippen molar-refractivity contribution in [2.45, 2.75) is 19.3 Å². The van der Waals surface area contributed by atoms with Gasteiger partial charge in [0.1, 0.15) is 11.4 Å². The number of aromatic nitrogens is 2. The van der Waals surface area contributed by atoms with Gasteiger partial charge in [-0.15, -0.1) is 0 Å². The van der Waals surface area contributed by atoms with Gasteiger partial charge >= 0.3 is 0 Å². The van der Waals surface area contributed by atoms with Gasteiger partial charge in [-0.05, 0) is 37.0 Å². The largest absolute Gasteiger partial charge is 0.496 e. The van der Waals surface area contributed by atoms with E-state index in [9.17, 15) is 9.59 Å². The Balaban J connectivity index is 1.72. The lowest BCUT2D eigenvalue weighted by Crippen LogP contribution is -2.26. The molecule has 0 aliphatic carbocycles. The van der Waals surface area contributed by atoms with E-state index in [-0.39, 0.29) is 17.2 Å². The SMILES string of the molecule is COc1ccccc1CCCCNC(=O)c1ccc(=O)[nH]n1. The average Bonchev–Trinajstić information content (AvgIpc) is 2.55. The molecule has 2 N–H and O–H groups in total. The molecule has 0 unspecified atom stereocenters. The molecule has 2 aromatic rings. The zero-order valence-corrected chi connectivity index (χ0v) is 12.5. The Labute approximate surface area is 128 Å². The number of aryl methyl sites for hydroxylation is 1. The van der Waals surface area contributed by atoms with Crippen LogP contribution in [0.5, 0.6) is 5.75 Å². The van der Waals surface area contributed by atoms with Gasteiger partial charge in [-0.3, -0.25) is 9.59 Å². The fourth-order valence-corrected chi connectivity index (χ4v) is 2.11. The highest BCUT2D eigenvalue weighted by Crippen LogP contribution is 2.19. The number of nitrogens with one attached hydrogen (secondary N) is 2. The molecule has 1 aromatic carbocycles.